The molecule has 1 fully saturated rings. The normalized spacial score (nSPS) is 24.6. The molecule has 0 aliphatic heterocycles. The molecular formula is C16H32N2O2. The van der Waals surface area contributed by atoms with E-state index in [1.807, 2.05) is 6.92 Å². The van der Waals surface area contributed by atoms with E-state index in [1.54, 1.807) is 0 Å². The lowest BCUT2D eigenvalue weighted by Gasteiger charge is -2.30. The average Bonchev–Trinajstić information content (AvgIpc) is 2.41. The third-order valence-electron chi connectivity index (χ3n) is 4.09. The summed E-state index contributed by atoms with van der Waals surface area (Å²) in [5, 5.41) is 3.02. The molecule has 0 bridgehead atoms. The third kappa shape index (κ3) is 6.71. The van der Waals surface area contributed by atoms with Gasteiger partial charge in [-0.2, -0.15) is 0 Å². The molecule has 1 rings (SSSR count). The molecule has 118 valence electrons. The molecule has 0 aromatic rings. The van der Waals surface area contributed by atoms with Crippen molar-refractivity contribution >= 4 is 5.91 Å². The van der Waals surface area contributed by atoms with Crippen LogP contribution in [0, 0.1) is 17.8 Å². The summed E-state index contributed by atoms with van der Waals surface area (Å²) >= 11 is 0. The molecule has 4 nitrogen and oxygen atoms in total. The summed E-state index contributed by atoms with van der Waals surface area (Å²) in [5.41, 5.74) is 5.99. The molecule has 20 heavy (non-hydrogen) atoms. The fourth-order valence-electron chi connectivity index (χ4n) is 2.80. The molecule has 4 heteroatoms. The van der Waals surface area contributed by atoms with Crippen molar-refractivity contribution < 1.29 is 9.53 Å². The fourth-order valence-corrected chi connectivity index (χ4v) is 2.80. The molecule has 0 radical (unpaired) electrons. The molecule has 0 aromatic heterocycles. The van der Waals surface area contributed by atoms with Gasteiger partial charge >= 0.3 is 0 Å². The lowest BCUT2D eigenvalue weighted by atomic mass is 9.78. The van der Waals surface area contributed by atoms with Gasteiger partial charge in [0.1, 0.15) is 0 Å². The van der Waals surface area contributed by atoms with Crippen LogP contribution in [0.5, 0.6) is 0 Å². The lowest BCUT2D eigenvalue weighted by Crippen LogP contribution is -2.38. The number of hydrogen-bond donors (Lipinski definition) is 2. The molecule has 0 spiro atoms. The first-order valence-corrected chi connectivity index (χ1v) is 8.11. The number of amides is 1. The number of nitrogens with two attached hydrogens (primary N) is 1. The molecule has 1 amide bonds. The number of ether oxygens (including phenoxy) is 1. The summed E-state index contributed by atoms with van der Waals surface area (Å²) < 4.78 is 5.50. The molecule has 3 atom stereocenters. The van der Waals surface area contributed by atoms with Gasteiger partial charge in [0.25, 0.3) is 0 Å². The van der Waals surface area contributed by atoms with Gasteiger partial charge in [0.15, 0.2) is 0 Å². The van der Waals surface area contributed by atoms with Crippen molar-refractivity contribution in [2.75, 3.05) is 19.8 Å². The quantitative estimate of drug-likeness (QED) is 0.672. The zero-order chi connectivity index (χ0) is 15.0. The molecule has 0 aromatic carbocycles. The Bertz CT molecular complexity index is 282. The van der Waals surface area contributed by atoms with Gasteiger partial charge in [0.05, 0.1) is 0 Å². The van der Waals surface area contributed by atoms with Crippen molar-refractivity contribution in [1.82, 2.24) is 5.32 Å². The minimum absolute atomic E-state index is 0.0814. The second kappa shape index (κ2) is 9.35. The van der Waals surface area contributed by atoms with E-state index in [0.29, 0.717) is 18.4 Å². The van der Waals surface area contributed by atoms with Gasteiger partial charge in [0, 0.05) is 31.7 Å². The maximum absolute atomic E-state index is 12.1. The van der Waals surface area contributed by atoms with Crippen molar-refractivity contribution in [2.45, 2.75) is 58.9 Å². The van der Waals surface area contributed by atoms with E-state index < -0.39 is 0 Å². The Hall–Kier alpha value is -0.610. The number of carbonyl (C=O) groups excluding carboxylic acids is 1. The zero-order valence-corrected chi connectivity index (χ0v) is 13.4. The summed E-state index contributed by atoms with van der Waals surface area (Å²) in [6, 6.07) is 0.286. The van der Waals surface area contributed by atoms with Crippen LogP contribution in [0.3, 0.4) is 0 Å². The van der Waals surface area contributed by atoms with Gasteiger partial charge in [-0.3, -0.25) is 4.79 Å². The second-order valence-electron chi connectivity index (χ2n) is 6.59. The van der Waals surface area contributed by atoms with Gasteiger partial charge in [-0.1, -0.05) is 27.2 Å². The Kier molecular flexibility index (Phi) is 8.15. The maximum Gasteiger partial charge on any atom is 0.223 e. The van der Waals surface area contributed by atoms with Crippen LogP contribution >= 0.6 is 0 Å². The third-order valence-corrected chi connectivity index (χ3v) is 4.09. The monoisotopic (exact) mass is 284 g/mol. The van der Waals surface area contributed by atoms with E-state index in [1.165, 1.54) is 0 Å². The predicted octanol–water partition coefficient (Wildman–Crippen LogP) is 2.32. The summed E-state index contributed by atoms with van der Waals surface area (Å²) in [7, 11) is 0. The number of rotatable bonds is 8. The smallest absolute Gasteiger partial charge is 0.223 e. The van der Waals surface area contributed by atoms with Crippen LogP contribution in [-0.4, -0.2) is 31.7 Å². The van der Waals surface area contributed by atoms with Crippen LogP contribution in [0.4, 0.5) is 0 Å². The highest BCUT2D eigenvalue weighted by molar-refractivity contribution is 5.78. The molecule has 1 aliphatic rings. The van der Waals surface area contributed by atoms with Gasteiger partial charge in [0.2, 0.25) is 5.91 Å². The van der Waals surface area contributed by atoms with Gasteiger partial charge in [-0.05, 0) is 37.5 Å². The van der Waals surface area contributed by atoms with Gasteiger partial charge in [-0.25, -0.2) is 0 Å². The van der Waals surface area contributed by atoms with E-state index in [0.717, 1.165) is 45.3 Å². The highest BCUT2D eigenvalue weighted by Crippen LogP contribution is 2.29. The predicted molar refractivity (Wildman–Crippen MR) is 82.4 cm³/mol. The van der Waals surface area contributed by atoms with Gasteiger partial charge < -0.3 is 15.8 Å². The van der Waals surface area contributed by atoms with Crippen molar-refractivity contribution in [2.24, 2.45) is 23.5 Å². The first-order chi connectivity index (χ1) is 9.50. The van der Waals surface area contributed by atoms with Crippen molar-refractivity contribution in [3.8, 4) is 0 Å². The fraction of sp³-hybridized carbons (Fsp3) is 0.938. The van der Waals surface area contributed by atoms with Crippen LogP contribution in [-0.2, 0) is 9.53 Å². The van der Waals surface area contributed by atoms with Crippen LogP contribution in [0.1, 0.15) is 52.9 Å². The maximum atomic E-state index is 12.1. The molecular weight excluding hydrogens is 252 g/mol. The van der Waals surface area contributed by atoms with Crippen LogP contribution in [0.15, 0.2) is 0 Å². The van der Waals surface area contributed by atoms with Crippen molar-refractivity contribution in [1.29, 1.82) is 0 Å². The van der Waals surface area contributed by atoms with Gasteiger partial charge in [-0.15, -0.1) is 0 Å². The standard InChI is InChI=1S/C16H32N2O2/c1-12(2)11-20-9-5-8-18-16(19)13(3)14-6-4-7-15(17)10-14/h12-15H,4-11,17H2,1-3H3,(H,18,19). The first-order valence-electron chi connectivity index (χ1n) is 8.11. The minimum Gasteiger partial charge on any atom is -0.381 e. The Morgan fingerprint density at radius 2 is 2.10 bits per heavy atom. The topological polar surface area (TPSA) is 64.3 Å². The number of nitrogens with one attached hydrogen (secondary N) is 1. The summed E-state index contributed by atoms with van der Waals surface area (Å²) in [6.07, 6.45) is 5.28. The molecule has 3 unspecified atom stereocenters. The van der Waals surface area contributed by atoms with Crippen molar-refractivity contribution in [3.63, 3.8) is 0 Å². The molecule has 1 aliphatic carbocycles. The Morgan fingerprint density at radius 3 is 2.75 bits per heavy atom. The summed E-state index contributed by atoms with van der Waals surface area (Å²) in [5.74, 6) is 1.28. The van der Waals surface area contributed by atoms with E-state index >= 15 is 0 Å². The van der Waals surface area contributed by atoms with E-state index in [9.17, 15) is 4.79 Å². The van der Waals surface area contributed by atoms with Crippen molar-refractivity contribution in [3.05, 3.63) is 0 Å². The first kappa shape index (κ1) is 17.4. The molecule has 0 heterocycles. The van der Waals surface area contributed by atoms with Crippen LogP contribution < -0.4 is 11.1 Å². The Balaban J connectivity index is 2.12. The second-order valence-corrected chi connectivity index (χ2v) is 6.59. The SMILES string of the molecule is CC(C)COCCCNC(=O)C(C)C1CCCC(N)C1. The van der Waals surface area contributed by atoms with Crippen LogP contribution in [0.25, 0.3) is 0 Å². The summed E-state index contributed by atoms with van der Waals surface area (Å²) in [6.45, 7) is 8.54. The van der Waals surface area contributed by atoms with E-state index in [-0.39, 0.29) is 17.9 Å². The number of carbonyl (C=O) groups is 1. The Morgan fingerprint density at radius 1 is 1.35 bits per heavy atom. The average molecular weight is 284 g/mol. The minimum atomic E-state index is 0.0814. The highest BCUT2D eigenvalue weighted by atomic mass is 16.5. The lowest BCUT2D eigenvalue weighted by molar-refractivity contribution is -0.126. The van der Waals surface area contributed by atoms with E-state index in [2.05, 4.69) is 19.2 Å². The molecule has 0 saturated heterocycles. The highest BCUT2D eigenvalue weighted by Gasteiger charge is 2.28. The Labute approximate surface area is 123 Å². The van der Waals surface area contributed by atoms with Crippen LogP contribution in [0.2, 0.25) is 0 Å². The van der Waals surface area contributed by atoms with E-state index in [4.69, 9.17) is 10.5 Å². The largest absolute Gasteiger partial charge is 0.381 e. The zero-order valence-electron chi connectivity index (χ0n) is 13.4. The number of hydrogen-bond acceptors (Lipinski definition) is 3. The molecule has 3 N–H and O–H groups in total. The molecule has 1 saturated carbocycles. The summed E-state index contributed by atoms with van der Waals surface area (Å²) in [4.78, 5) is 12.1.